The second-order valence-electron chi connectivity index (χ2n) is 6.48. The van der Waals surface area contributed by atoms with Crippen LogP contribution in [-0.2, 0) is 26.2 Å². The van der Waals surface area contributed by atoms with Crippen LogP contribution in [0.25, 0.3) is 0 Å². The predicted octanol–water partition coefficient (Wildman–Crippen LogP) is 3.87. The smallest absolute Gasteiger partial charge is 0.309 e. The number of carbonyl (C=O) groups excluding carboxylic acids is 1. The monoisotopic (exact) mass is 473 g/mol. The van der Waals surface area contributed by atoms with Gasteiger partial charge in [0.25, 0.3) is 0 Å². The first-order valence-electron chi connectivity index (χ1n) is 8.63. The summed E-state index contributed by atoms with van der Waals surface area (Å²) in [5.74, 6) is -1.71. The fourth-order valence-corrected chi connectivity index (χ4v) is 4.93. The van der Waals surface area contributed by atoms with Crippen LogP contribution >= 0.6 is 15.9 Å². The van der Waals surface area contributed by atoms with Crippen molar-refractivity contribution in [2.45, 2.75) is 24.3 Å². The molecule has 0 spiro atoms. The minimum atomic E-state index is -3.72. The van der Waals surface area contributed by atoms with Crippen molar-refractivity contribution >= 4 is 31.9 Å². The molecule has 1 aliphatic heterocycles. The van der Waals surface area contributed by atoms with Crippen LogP contribution in [0.1, 0.15) is 18.4 Å². The normalized spacial score (nSPS) is 16.1. The predicted molar refractivity (Wildman–Crippen MR) is 102 cm³/mol. The van der Waals surface area contributed by atoms with E-state index in [0.717, 1.165) is 12.1 Å². The van der Waals surface area contributed by atoms with E-state index >= 15 is 0 Å². The van der Waals surface area contributed by atoms with Crippen LogP contribution in [0.5, 0.6) is 0 Å². The van der Waals surface area contributed by atoms with E-state index in [2.05, 4.69) is 15.9 Å². The second-order valence-corrected chi connectivity index (χ2v) is 9.27. The molecular weight excluding hydrogens is 456 g/mol. The molecule has 9 heteroatoms. The molecule has 0 amide bonds. The molecule has 2 aromatic rings. The van der Waals surface area contributed by atoms with Gasteiger partial charge in [-0.15, -0.1) is 0 Å². The van der Waals surface area contributed by atoms with Gasteiger partial charge in [-0.2, -0.15) is 4.31 Å². The summed E-state index contributed by atoms with van der Waals surface area (Å²) in [6.07, 6.45) is 0.674. The van der Waals surface area contributed by atoms with E-state index in [1.807, 2.05) is 0 Å². The van der Waals surface area contributed by atoms with E-state index in [0.29, 0.717) is 22.9 Å². The van der Waals surface area contributed by atoms with Gasteiger partial charge in [-0.1, -0.05) is 22.0 Å². The number of ether oxygens (including phenoxy) is 1. The first-order chi connectivity index (χ1) is 13.3. The third kappa shape index (κ3) is 4.76. The molecule has 0 aromatic heterocycles. The van der Waals surface area contributed by atoms with Crippen LogP contribution in [0, 0.1) is 17.6 Å². The number of esters is 1. The van der Waals surface area contributed by atoms with Crippen LogP contribution in [-0.4, -0.2) is 31.8 Å². The summed E-state index contributed by atoms with van der Waals surface area (Å²) in [4.78, 5) is 12.3. The fourth-order valence-electron chi connectivity index (χ4n) is 2.99. The maximum absolute atomic E-state index is 13.1. The average Bonchev–Trinajstić information content (AvgIpc) is 2.67. The molecule has 3 rings (SSSR count). The van der Waals surface area contributed by atoms with E-state index in [9.17, 15) is 22.0 Å². The largest absolute Gasteiger partial charge is 0.461 e. The molecule has 5 nitrogen and oxygen atoms in total. The fraction of sp³-hybridized carbons (Fsp3) is 0.316. The van der Waals surface area contributed by atoms with Gasteiger partial charge in [0.05, 0.1) is 10.8 Å². The lowest BCUT2D eigenvalue weighted by molar-refractivity contribution is -0.151. The molecule has 150 valence electrons. The Labute approximate surface area is 170 Å². The van der Waals surface area contributed by atoms with Gasteiger partial charge >= 0.3 is 5.97 Å². The topological polar surface area (TPSA) is 63.7 Å². The van der Waals surface area contributed by atoms with Gasteiger partial charge in [0.1, 0.15) is 18.2 Å². The molecule has 28 heavy (non-hydrogen) atoms. The molecule has 1 saturated heterocycles. The minimum absolute atomic E-state index is 0.00773. The molecule has 1 fully saturated rings. The summed E-state index contributed by atoms with van der Waals surface area (Å²) in [7, 11) is -3.72. The summed E-state index contributed by atoms with van der Waals surface area (Å²) in [5, 5.41) is 0. The third-order valence-corrected chi connectivity index (χ3v) is 7.27. The molecule has 0 aliphatic carbocycles. The molecule has 0 radical (unpaired) electrons. The number of carbonyl (C=O) groups is 1. The molecule has 2 aromatic carbocycles. The van der Waals surface area contributed by atoms with Crippen LogP contribution < -0.4 is 0 Å². The van der Waals surface area contributed by atoms with Crippen LogP contribution in [0.15, 0.2) is 51.8 Å². The lowest BCUT2D eigenvalue weighted by Crippen LogP contribution is -2.40. The van der Waals surface area contributed by atoms with E-state index in [4.69, 9.17) is 4.74 Å². The number of halogens is 3. The van der Waals surface area contributed by atoms with Crippen LogP contribution in [0.2, 0.25) is 0 Å². The van der Waals surface area contributed by atoms with Gasteiger partial charge in [0.2, 0.25) is 10.0 Å². The van der Waals surface area contributed by atoms with Crippen molar-refractivity contribution < 1.29 is 26.7 Å². The standard InChI is InChI=1S/C19H18BrF2NO4S/c20-18-11-16(22)2-1-14(18)12-27-19(24)13-7-9-23(10-8-13)28(25,26)17-5-3-15(21)4-6-17/h1-6,11,13H,7-10,12H2. The first kappa shape index (κ1) is 20.9. The van der Waals surface area contributed by atoms with Crippen molar-refractivity contribution in [2.75, 3.05) is 13.1 Å². The zero-order valence-electron chi connectivity index (χ0n) is 14.8. The van der Waals surface area contributed by atoms with E-state index in [1.54, 1.807) is 0 Å². The average molecular weight is 474 g/mol. The van der Waals surface area contributed by atoms with Crippen molar-refractivity contribution in [1.29, 1.82) is 0 Å². The van der Waals surface area contributed by atoms with Gasteiger partial charge in [-0.3, -0.25) is 4.79 Å². The number of benzene rings is 2. The van der Waals surface area contributed by atoms with Gasteiger partial charge in [-0.25, -0.2) is 17.2 Å². The highest BCUT2D eigenvalue weighted by molar-refractivity contribution is 9.10. The van der Waals surface area contributed by atoms with Crippen molar-refractivity contribution in [3.05, 3.63) is 64.1 Å². The number of hydrogen-bond acceptors (Lipinski definition) is 4. The van der Waals surface area contributed by atoms with Crippen molar-refractivity contribution in [1.82, 2.24) is 4.31 Å². The molecule has 0 unspecified atom stereocenters. The zero-order chi connectivity index (χ0) is 20.3. The summed E-state index contributed by atoms with van der Waals surface area (Å²) < 4.78 is 58.4. The molecule has 0 N–H and O–H groups in total. The second kappa shape index (κ2) is 8.67. The van der Waals surface area contributed by atoms with Crippen molar-refractivity contribution in [2.24, 2.45) is 5.92 Å². The zero-order valence-corrected chi connectivity index (χ0v) is 17.2. The van der Waals surface area contributed by atoms with Gasteiger partial charge in [-0.05, 0) is 49.2 Å². The summed E-state index contributed by atoms with van der Waals surface area (Å²) in [5.41, 5.74) is 0.645. The van der Waals surface area contributed by atoms with Crippen LogP contribution in [0.4, 0.5) is 8.78 Å². The van der Waals surface area contributed by atoms with Gasteiger partial charge < -0.3 is 4.74 Å². The molecular formula is C19H18BrF2NO4S. The minimum Gasteiger partial charge on any atom is -0.461 e. The van der Waals surface area contributed by atoms with Gasteiger partial charge in [0.15, 0.2) is 0 Å². The van der Waals surface area contributed by atoms with E-state index < -0.39 is 33.5 Å². The Balaban J connectivity index is 1.55. The Morgan fingerprint density at radius 3 is 2.29 bits per heavy atom. The maximum Gasteiger partial charge on any atom is 0.309 e. The summed E-state index contributed by atoms with van der Waals surface area (Å²) in [6, 6.07) is 8.77. The Hall–Kier alpha value is -1.84. The number of piperidine rings is 1. The van der Waals surface area contributed by atoms with E-state index in [1.165, 1.54) is 34.6 Å². The highest BCUT2D eigenvalue weighted by atomic mass is 79.9. The van der Waals surface area contributed by atoms with Crippen molar-refractivity contribution in [3.63, 3.8) is 0 Å². The summed E-state index contributed by atoms with van der Waals surface area (Å²) >= 11 is 3.22. The molecule has 0 bridgehead atoms. The highest BCUT2D eigenvalue weighted by Crippen LogP contribution is 2.26. The van der Waals surface area contributed by atoms with E-state index in [-0.39, 0.29) is 24.6 Å². The first-order valence-corrected chi connectivity index (χ1v) is 10.9. The molecule has 0 atom stereocenters. The molecule has 0 saturated carbocycles. The third-order valence-electron chi connectivity index (χ3n) is 4.62. The van der Waals surface area contributed by atoms with Crippen LogP contribution in [0.3, 0.4) is 0 Å². The number of rotatable bonds is 5. The van der Waals surface area contributed by atoms with Crippen molar-refractivity contribution in [3.8, 4) is 0 Å². The number of nitrogens with zero attached hydrogens (tertiary/aromatic N) is 1. The molecule has 1 heterocycles. The lowest BCUT2D eigenvalue weighted by atomic mass is 9.98. The lowest BCUT2D eigenvalue weighted by Gasteiger charge is -2.30. The highest BCUT2D eigenvalue weighted by Gasteiger charge is 2.32. The Morgan fingerprint density at radius 2 is 1.68 bits per heavy atom. The van der Waals surface area contributed by atoms with Gasteiger partial charge in [0, 0.05) is 23.1 Å². The molecule has 1 aliphatic rings. The SMILES string of the molecule is O=C(OCc1ccc(F)cc1Br)C1CCN(S(=O)(=O)c2ccc(F)cc2)CC1. The maximum atomic E-state index is 13.1. The number of hydrogen-bond donors (Lipinski definition) is 0. The quantitative estimate of drug-likeness (QED) is 0.618. The Kier molecular flexibility index (Phi) is 6.47. The Morgan fingerprint density at radius 1 is 1.07 bits per heavy atom. The summed E-state index contributed by atoms with van der Waals surface area (Å²) in [6.45, 7) is 0.368. The Bertz CT molecular complexity index is 958. The number of sulfonamides is 1.